The van der Waals surface area contributed by atoms with E-state index < -0.39 is 0 Å². The summed E-state index contributed by atoms with van der Waals surface area (Å²) in [4.78, 5) is 14.9. The Labute approximate surface area is 162 Å². The number of ether oxygens (including phenoxy) is 1. The molecule has 1 saturated heterocycles. The average Bonchev–Trinajstić information content (AvgIpc) is 3.21. The summed E-state index contributed by atoms with van der Waals surface area (Å²) in [5, 5.41) is 3.91. The van der Waals surface area contributed by atoms with Crippen molar-refractivity contribution in [3.05, 3.63) is 53.8 Å². The van der Waals surface area contributed by atoms with Gasteiger partial charge in [0.1, 0.15) is 11.6 Å². The van der Waals surface area contributed by atoms with Crippen LogP contribution in [-0.2, 0) is 4.79 Å². The molecule has 1 heterocycles. The Hall–Kier alpha value is -2.54. The molecule has 142 valence electrons. The lowest BCUT2D eigenvalue weighted by Gasteiger charge is -2.18. The molecule has 1 aliphatic rings. The molecule has 0 unspecified atom stereocenters. The summed E-state index contributed by atoms with van der Waals surface area (Å²) in [5.74, 6) is 0.534. The summed E-state index contributed by atoms with van der Waals surface area (Å²) < 4.78 is 19.3. The molecule has 0 bridgehead atoms. The third kappa shape index (κ3) is 5.47. The van der Waals surface area contributed by atoms with Gasteiger partial charge in [-0.1, -0.05) is 6.07 Å². The number of amides is 1. The number of anilines is 1. The van der Waals surface area contributed by atoms with E-state index in [0.29, 0.717) is 11.3 Å². The lowest BCUT2D eigenvalue weighted by Crippen LogP contribution is -2.20. The zero-order valence-corrected chi connectivity index (χ0v) is 16.0. The number of halogens is 1. The summed E-state index contributed by atoms with van der Waals surface area (Å²) in [6.07, 6.45) is 3.65. The molecule has 5 nitrogen and oxygen atoms in total. The molecule has 7 heteroatoms. The van der Waals surface area contributed by atoms with Gasteiger partial charge >= 0.3 is 0 Å². The Bertz CT molecular complexity index is 805. The maximum absolute atomic E-state index is 14.2. The minimum atomic E-state index is -0.262. The number of hydrogen-bond acceptors (Lipinski definition) is 5. The van der Waals surface area contributed by atoms with Gasteiger partial charge in [0.25, 0.3) is 0 Å². The van der Waals surface area contributed by atoms with Gasteiger partial charge in [0.2, 0.25) is 5.91 Å². The summed E-state index contributed by atoms with van der Waals surface area (Å²) in [6, 6.07) is 12.5. The fourth-order valence-corrected chi connectivity index (χ4v) is 3.54. The number of nitrogens with zero attached hydrogens (tertiary/aromatic N) is 2. The van der Waals surface area contributed by atoms with Crippen LogP contribution in [0, 0.1) is 5.82 Å². The number of carbonyl (C=O) groups excluding carboxylic acids is 1. The van der Waals surface area contributed by atoms with Gasteiger partial charge in [0, 0.05) is 18.0 Å². The average molecular weight is 387 g/mol. The van der Waals surface area contributed by atoms with Gasteiger partial charge in [-0.15, -0.1) is 11.8 Å². The normalized spacial score (nSPS) is 13.9. The van der Waals surface area contributed by atoms with Gasteiger partial charge in [0.15, 0.2) is 0 Å². The maximum Gasteiger partial charge on any atom is 0.250 e. The molecule has 3 rings (SSSR count). The Kier molecular flexibility index (Phi) is 6.70. The third-order valence-corrected chi connectivity index (χ3v) is 5.26. The number of thioether (sulfide) groups is 1. The smallest absolute Gasteiger partial charge is 0.250 e. The van der Waals surface area contributed by atoms with Crippen LogP contribution >= 0.6 is 11.8 Å². The van der Waals surface area contributed by atoms with Crippen molar-refractivity contribution in [1.82, 2.24) is 5.43 Å². The third-order valence-electron chi connectivity index (χ3n) is 4.25. The topological polar surface area (TPSA) is 53.9 Å². The standard InChI is InChI=1S/C20H22FN3O2S/c1-26-16-5-7-17(8-6-16)27-14-20(25)23-22-13-15-4-9-19(18(21)12-15)24-10-2-3-11-24/h4-9,12-13H,2-3,10-11,14H2,1H3,(H,23,25)/b22-13+. The van der Waals surface area contributed by atoms with Gasteiger partial charge in [-0.05, 0) is 54.8 Å². The molecule has 0 saturated carbocycles. The van der Waals surface area contributed by atoms with Crippen molar-refractivity contribution in [3.8, 4) is 5.75 Å². The lowest BCUT2D eigenvalue weighted by atomic mass is 10.2. The predicted molar refractivity (Wildman–Crippen MR) is 107 cm³/mol. The van der Waals surface area contributed by atoms with E-state index in [1.165, 1.54) is 24.0 Å². The second-order valence-corrected chi connectivity index (χ2v) is 7.21. The van der Waals surface area contributed by atoms with E-state index in [-0.39, 0.29) is 17.5 Å². The highest BCUT2D eigenvalue weighted by Gasteiger charge is 2.15. The van der Waals surface area contributed by atoms with Crippen LogP contribution in [0.5, 0.6) is 5.75 Å². The summed E-state index contributed by atoms with van der Waals surface area (Å²) >= 11 is 1.41. The first-order valence-corrected chi connectivity index (χ1v) is 9.77. The summed E-state index contributed by atoms with van der Waals surface area (Å²) in [6.45, 7) is 1.79. The molecule has 2 aromatic carbocycles. The van der Waals surface area contributed by atoms with Crippen LogP contribution < -0.4 is 15.1 Å². The molecule has 1 N–H and O–H groups in total. The highest BCUT2D eigenvalue weighted by atomic mass is 32.2. The predicted octanol–water partition coefficient (Wildman–Crippen LogP) is 3.68. The van der Waals surface area contributed by atoms with Crippen molar-refractivity contribution >= 4 is 29.6 Å². The van der Waals surface area contributed by atoms with E-state index in [1.54, 1.807) is 19.2 Å². The SMILES string of the molecule is COc1ccc(SCC(=O)N/N=C/c2ccc(N3CCCC3)c(F)c2)cc1. The second kappa shape index (κ2) is 9.41. The van der Waals surface area contributed by atoms with Gasteiger partial charge in [-0.2, -0.15) is 5.10 Å². The van der Waals surface area contributed by atoms with Gasteiger partial charge in [0.05, 0.1) is 24.8 Å². The molecule has 0 atom stereocenters. The molecule has 0 aromatic heterocycles. The molecule has 0 aliphatic carbocycles. The van der Waals surface area contributed by atoms with Crippen molar-refractivity contribution in [1.29, 1.82) is 0 Å². The first-order valence-electron chi connectivity index (χ1n) is 8.79. The maximum atomic E-state index is 14.2. The van der Waals surface area contributed by atoms with Crippen LogP contribution in [0.25, 0.3) is 0 Å². The van der Waals surface area contributed by atoms with E-state index >= 15 is 0 Å². The van der Waals surface area contributed by atoms with E-state index in [9.17, 15) is 9.18 Å². The number of hydrogen-bond donors (Lipinski definition) is 1. The number of nitrogens with one attached hydrogen (secondary N) is 1. The molecular formula is C20H22FN3O2S. The van der Waals surface area contributed by atoms with E-state index in [2.05, 4.69) is 15.4 Å². The van der Waals surface area contributed by atoms with Crippen molar-refractivity contribution in [2.75, 3.05) is 30.9 Å². The zero-order valence-electron chi connectivity index (χ0n) is 15.2. The first kappa shape index (κ1) is 19.2. The highest BCUT2D eigenvalue weighted by molar-refractivity contribution is 8.00. The number of hydrazone groups is 1. The molecule has 1 amide bonds. The summed E-state index contributed by atoms with van der Waals surface area (Å²) in [5.41, 5.74) is 3.70. The van der Waals surface area contributed by atoms with Crippen molar-refractivity contribution in [3.63, 3.8) is 0 Å². The van der Waals surface area contributed by atoms with Crippen LogP contribution in [0.4, 0.5) is 10.1 Å². The minimum Gasteiger partial charge on any atom is -0.497 e. The fraction of sp³-hybridized carbons (Fsp3) is 0.300. The number of methoxy groups -OCH3 is 1. The molecule has 1 aliphatic heterocycles. The van der Waals surface area contributed by atoms with Crippen LogP contribution in [0.15, 0.2) is 52.5 Å². The molecule has 1 fully saturated rings. The molecule has 0 radical (unpaired) electrons. The number of rotatable bonds is 7. The molecular weight excluding hydrogens is 365 g/mol. The number of benzene rings is 2. The summed E-state index contributed by atoms with van der Waals surface area (Å²) in [7, 11) is 1.61. The largest absolute Gasteiger partial charge is 0.497 e. The second-order valence-electron chi connectivity index (χ2n) is 6.16. The molecule has 2 aromatic rings. The van der Waals surface area contributed by atoms with Gasteiger partial charge in [-0.3, -0.25) is 4.79 Å². The Morgan fingerprint density at radius 1 is 1.26 bits per heavy atom. The van der Waals surface area contributed by atoms with Crippen molar-refractivity contribution in [2.24, 2.45) is 5.10 Å². The van der Waals surface area contributed by atoms with E-state index in [0.717, 1.165) is 36.6 Å². The van der Waals surface area contributed by atoms with Crippen molar-refractivity contribution in [2.45, 2.75) is 17.7 Å². The Balaban J connectivity index is 1.47. The van der Waals surface area contributed by atoms with E-state index in [1.807, 2.05) is 24.3 Å². The number of carbonyl (C=O) groups is 1. The van der Waals surface area contributed by atoms with Crippen LogP contribution in [0.2, 0.25) is 0 Å². The van der Waals surface area contributed by atoms with E-state index in [4.69, 9.17) is 4.74 Å². The van der Waals surface area contributed by atoms with Crippen LogP contribution in [0.1, 0.15) is 18.4 Å². The zero-order chi connectivity index (χ0) is 19.1. The highest BCUT2D eigenvalue weighted by Crippen LogP contribution is 2.24. The monoisotopic (exact) mass is 387 g/mol. The Morgan fingerprint density at radius 2 is 2.00 bits per heavy atom. The minimum absolute atomic E-state index is 0.221. The fourth-order valence-electron chi connectivity index (χ4n) is 2.85. The van der Waals surface area contributed by atoms with Crippen LogP contribution in [-0.4, -0.2) is 38.1 Å². The lowest BCUT2D eigenvalue weighted by molar-refractivity contribution is -0.118. The van der Waals surface area contributed by atoms with Crippen molar-refractivity contribution < 1.29 is 13.9 Å². The molecule has 27 heavy (non-hydrogen) atoms. The van der Waals surface area contributed by atoms with Gasteiger partial charge in [-0.25, -0.2) is 9.82 Å². The first-order chi connectivity index (χ1) is 13.2. The van der Waals surface area contributed by atoms with Crippen LogP contribution in [0.3, 0.4) is 0 Å². The van der Waals surface area contributed by atoms with Gasteiger partial charge < -0.3 is 9.64 Å². The Morgan fingerprint density at radius 3 is 2.67 bits per heavy atom. The quantitative estimate of drug-likeness (QED) is 0.447. The molecule has 0 spiro atoms.